The molecule has 3 aliphatic rings. The molecular weight excluding hydrogens is 354 g/mol. The maximum Gasteiger partial charge on any atom is 0.154 e. The summed E-state index contributed by atoms with van der Waals surface area (Å²) >= 11 is 0. The Morgan fingerprint density at radius 3 is 2.07 bits per heavy atom. The molecule has 156 valence electrons. The molecule has 2 heteroatoms. The van der Waals surface area contributed by atoms with Crippen molar-refractivity contribution in [3.05, 3.63) is 30.3 Å². The molecule has 6 atom stereocenters. The van der Waals surface area contributed by atoms with Crippen LogP contribution in [0.2, 0.25) is 18.6 Å². The number of anilines is 1. The lowest BCUT2D eigenvalue weighted by molar-refractivity contribution is 0.0934. The van der Waals surface area contributed by atoms with Crippen LogP contribution in [0.4, 0.5) is 5.69 Å². The number of nitrogens with zero attached hydrogens (tertiary/aromatic N) is 1. The first-order valence-electron chi connectivity index (χ1n) is 12.0. The Labute approximate surface area is 175 Å². The van der Waals surface area contributed by atoms with Gasteiger partial charge in [0, 0.05) is 11.2 Å². The van der Waals surface area contributed by atoms with Gasteiger partial charge in [0.2, 0.25) is 0 Å². The highest BCUT2D eigenvalue weighted by molar-refractivity contribution is 6.82. The molecule has 1 aromatic rings. The second kappa shape index (κ2) is 7.49. The van der Waals surface area contributed by atoms with Gasteiger partial charge in [0.05, 0.1) is 0 Å². The first-order chi connectivity index (χ1) is 13.2. The zero-order chi connectivity index (χ0) is 20.1. The van der Waals surface area contributed by atoms with Crippen LogP contribution in [-0.2, 0) is 0 Å². The highest BCUT2D eigenvalue weighted by atomic mass is 28.3. The molecule has 4 rings (SSSR count). The van der Waals surface area contributed by atoms with Gasteiger partial charge in [0.1, 0.15) is 0 Å². The molecule has 1 aromatic carbocycles. The lowest BCUT2D eigenvalue weighted by Gasteiger charge is -2.54. The fourth-order valence-electron chi connectivity index (χ4n) is 8.30. The largest absolute Gasteiger partial charge is 0.393 e. The predicted octanol–water partition coefficient (Wildman–Crippen LogP) is 7.74. The fraction of sp³-hybridized carbons (Fsp3) is 0.769. The molecule has 3 aliphatic carbocycles. The van der Waals surface area contributed by atoms with Crippen molar-refractivity contribution < 1.29 is 0 Å². The molecule has 28 heavy (non-hydrogen) atoms. The van der Waals surface area contributed by atoms with Crippen LogP contribution < -0.4 is 4.57 Å². The summed E-state index contributed by atoms with van der Waals surface area (Å²) in [5.74, 6) is 5.02. The molecule has 0 radical (unpaired) electrons. The van der Waals surface area contributed by atoms with E-state index in [1.54, 1.807) is 12.8 Å². The zero-order valence-electron chi connectivity index (χ0n) is 19.2. The average molecular weight is 398 g/mol. The summed E-state index contributed by atoms with van der Waals surface area (Å²) in [6, 6.07) is 11.3. The van der Waals surface area contributed by atoms with Crippen LogP contribution in [0.5, 0.6) is 0 Å². The quantitative estimate of drug-likeness (QED) is 0.471. The second-order valence-corrected chi connectivity index (χ2v) is 16.4. The van der Waals surface area contributed by atoms with E-state index >= 15 is 0 Å². The van der Waals surface area contributed by atoms with Gasteiger partial charge in [0.25, 0.3) is 0 Å². The highest BCUT2D eigenvalue weighted by Crippen LogP contribution is 2.61. The summed E-state index contributed by atoms with van der Waals surface area (Å²) in [4.78, 5) is 0. The summed E-state index contributed by atoms with van der Waals surface area (Å²) in [6.07, 6.45) is 10.7. The SMILES string of the molecule is CC1CC2CC3CCCCC3CC2C1[Si](C)(C)N(c1ccccc1)C(C)(C)C. The summed E-state index contributed by atoms with van der Waals surface area (Å²) in [5.41, 5.74) is 2.56. The van der Waals surface area contributed by atoms with Crippen molar-refractivity contribution >= 4 is 13.9 Å². The van der Waals surface area contributed by atoms with E-state index in [1.807, 2.05) is 0 Å². The number of benzene rings is 1. The first kappa shape index (κ1) is 20.5. The van der Waals surface area contributed by atoms with Crippen molar-refractivity contribution in [3.63, 3.8) is 0 Å². The van der Waals surface area contributed by atoms with Gasteiger partial charge in [-0.05, 0) is 87.3 Å². The van der Waals surface area contributed by atoms with Gasteiger partial charge in [-0.1, -0.05) is 63.9 Å². The molecule has 3 fully saturated rings. The van der Waals surface area contributed by atoms with Gasteiger partial charge in [-0.3, -0.25) is 0 Å². The third kappa shape index (κ3) is 3.59. The molecule has 0 spiro atoms. The average Bonchev–Trinajstić information content (AvgIpc) is 2.94. The minimum Gasteiger partial charge on any atom is -0.393 e. The van der Waals surface area contributed by atoms with E-state index in [9.17, 15) is 0 Å². The molecule has 0 bridgehead atoms. The molecule has 6 unspecified atom stereocenters. The molecule has 0 aliphatic heterocycles. The second-order valence-electron chi connectivity index (χ2n) is 11.9. The van der Waals surface area contributed by atoms with E-state index < -0.39 is 8.24 Å². The monoisotopic (exact) mass is 397 g/mol. The Morgan fingerprint density at radius 2 is 1.46 bits per heavy atom. The van der Waals surface area contributed by atoms with Gasteiger partial charge in [-0.15, -0.1) is 0 Å². The molecule has 0 heterocycles. The Balaban J connectivity index is 1.67. The molecule has 0 aromatic heterocycles. The van der Waals surface area contributed by atoms with Crippen molar-refractivity contribution in [2.75, 3.05) is 4.57 Å². The molecule has 0 saturated heterocycles. The van der Waals surface area contributed by atoms with E-state index in [1.165, 1.54) is 37.8 Å². The van der Waals surface area contributed by atoms with Crippen LogP contribution >= 0.6 is 0 Å². The predicted molar refractivity (Wildman–Crippen MR) is 125 cm³/mol. The van der Waals surface area contributed by atoms with Crippen LogP contribution in [0.1, 0.15) is 72.6 Å². The topological polar surface area (TPSA) is 3.24 Å². The van der Waals surface area contributed by atoms with Gasteiger partial charge in [0.15, 0.2) is 8.24 Å². The van der Waals surface area contributed by atoms with Crippen molar-refractivity contribution in [1.82, 2.24) is 0 Å². The summed E-state index contributed by atoms with van der Waals surface area (Å²) < 4.78 is 2.90. The van der Waals surface area contributed by atoms with E-state index in [0.717, 1.165) is 35.1 Å². The number of hydrogen-bond donors (Lipinski definition) is 0. The Hall–Kier alpha value is -0.763. The molecule has 0 amide bonds. The maximum absolute atomic E-state index is 2.90. The Bertz CT molecular complexity index is 661. The molecule has 1 nitrogen and oxygen atoms in total. The van der Waals surface area contributed by atoms with Crippen LogP contribution in [-0.4, -0.2) is 13.8 Å². The van der Waals surface area contributed by atoms with Crippen LogP contribution in [0.3, 0.4) is 0 Å². The normalized spacial score (nSPS) is 35.9. The third-order valence-corrected chi connectivity index (χ3v) is 13.4. The van der Waals surface area contributed by atoms with Crippen molar-refractivity contribution in [2.24, 2.45) is 29.6 Å². The summed E-state index contributed by atoms with van der Waals surface area (Å²) in [5, 5.41) is 0. The molecule has 3 saturated carbocycles. The number of hydrogen-bond acceptors (Lipinski definition) is 1. The fourth-order valence-corrected chi connectivity index (χ4v) is 14.1. The minimum atomic E-state index is -1.67. The van der Waals surface area contributed by atoms with E-state index in [-0.39, 0.29) is 5.54 Å². The maximum atomic E-state index is 2.90. The van der Waals surface area contributed by atoms with Crippen LogP contribution in [0.15, 0.2) is 30.3 Å². The Morgan fingerprint density at radius 1 is 0.857 bits per heavy atom. The summed E-state index contributed by atoms with van der Waals surface area (Å²) in [6.45, 7) is 15.3. The molecule has 0 N–H and O–H groups in total. The van der Waals surface area contributed by atoms with E-state index in [0.29, 0.717) is 0 Å². The van der Waals surface area contributed by atoms with Gasteiger partial charge in [-0.2, -0.15) is 0 Å². The first-order valence-corrected chi connectivity index (χ1v) is 15.1. The standard InChI is InChI=1S/C26H43NSi/c1-19-16-22-17-20-12-10-11-13-21(20)18-24(22)25(19)28(5,6)27(26(2,3)4)23-14-8-7-9-15-23/h7-9,14-15,19-22,24-25H,10-13,16-18H2,1-6H3. The Kier molecular flexibility index (Phi) is 5.48. The van der Waals surface area contributed by atoms with Crippen molar-refractivity contribution in [2.45, 2.75) is 96.8 Å². The number of para-hydroxylation sites is 1. The zero-order valence-corrected chi connectivity index (χ0v) is 20.2. The minimum absolute atomic E-state index is 0.178. The van der Waals surface area contributed by atoms with Gasteiger partial charge < -0.3 is 4.57 Å². The van der Waals surface area contributed by atoms with Crippen LogP contribution in [0.25, 0.3) is 0 Å². The van der Waals surface area contributed by atoms with E-state index in [2.05, 4.69) is 75.7 Å². The van der Waals surface area contributed by atoms with Gasteiger partial charge >= 0.3 is 0 Å². The van der Waals surface area contributed by atoms with Crippen molar-refractivity contribution in [3.8, 4) is 0 Å². The molecular formula is C26H43NSi. The lowest BCUT2D eigenvalue weighted by atomic mass is 9.64. The van der Waals surface area contributed by atoms with Gasteiger partial charge in [-0.25, -0.2) is 0 Å². The number of fused-ring (bicyclic) bond motifs is 2. The summed E-state index contributed by atoms with van der Waals surface area (Å²) in [7, 11) is -1.67. The lowest BCUT2D eigenvalue weighted by Crippen LogP contribution is -2.62. The smallest absolute Gasteiger partial charge is 0.154 e. The van der Waals surface area contributed by atoms with Crippen LogP contribution in [0, 0.1) is 29.6 Å². The highest BCUT2D eigenvalue weighted by Gasteiger charge is 2.56. The number of rotatable bonds is 3. The van der Waals surface area contributed by atoms with E-state index in [4.69, 9.17) is 0 Å². The van der Waals surface area contributed by atoms with Crippen molar-refractivity contribution in [1.29, 1.82) is 0 Å². The third-order valence-electron chi connectivity index (χ3n) is 8.68.